The number of methoxy groups -OCH3 is 1. The molecule has 3 rings (SSSR count). The van der Waals surface area contributed by atoms with Gasteiger partial charge in [0.1, 0.15) is 11.9 Å². The van der Waals surface area contributed by atoms with Gasteiger partial charge < -0.3 is 19.7 Å². The van der Waals surface area contributed by atoms with Crippen LogP contribution < -0.4 is 10.1 Å². The summed E-state index contributed by atoms with van der Waals surface area (Å²) in [6.45, 7) is 2.72. The number of hydrogen-bond donors (Lipinski definition) is 1. The van der Waals surface area contributed by atoms with Crippen molar-refractivity contribution >= 4 is 17.4 Å². The number of ether oxygens (including phenoxy) is 2. The van der Waals surface area contributed by atoms with Gasteiger partial charge in [0.2, 0.25) is 0 Å². The minimum Gasteiger partial charge on any atom is -0.495 e. The third-order valence-corrected chi connectivity index (χ3v) is 4.35. The van der Waals surface area contributed by atoms with Crippen LogP contribution in [0.15, 0.2) is 48.5 Å². The van der Waals surface area contributed by atoms with Crippen LogP contribution in [0.1, 0.15) is 18.6 Å². The van der Waals surface area contributed by atoms with Gasteiger partial charge in [0.15, 0.2) is 0 Å². The highest BCUT2D eigenvalue weighted by Gasteiger charge is 2.30. The average Bonchev–Trinajstić information content (AvgIpc) is 2.68. The van der Waals surface area contributed by atoms with Gasteiger partial charge >= 0.3 is 6.03 Å². The van der Waals surface area contributed by atoms with E-state index in [9.17, 15) is 14.9 Å². The Balaban J connectivity index is 1.77. The van der Waals surface area contributed by atoms with Crippen LogP contribution >= 0.6 is 0 Å². The average molecular weight is 371 g/mol. The van der Waals surface area contributed by atoms with E-state index in [4.69, 9.17) is 9.47 Å². The summed E-state index contributed by atoms with van der Waals surface area (Å²) in [5, 5.41) is 13.7. The minimum absolute atomic E-state index is 0.122. The van der Waals surface area contributed by atoms with Crippen LogP contribution in [-0.2, 0) is 4.74 Å². The molecular formula is C19H21N3O5. The maximum absolute atomic E-state index is 12.8. The summed E-state index contributed by atoms with van der Waals surface area (Å²) < 4.78 is 11.2. The highest BCUT2D eigenvalue weighted by atomic mass is 16.6. The number of benzene rings is 2. The van der Waals surface area contributed by atoms with Crippen molar-refractivity contribution in [3.63, 3.8) is 0 Å². The molecule has 8 nitrogen and oxygen atoms in total. The number of hydrogen-bond acceptors (Lipinski definition) is 5. The van der Waals surface area contributed by atoms with Gasteiger partial charge in [-0.1, -0.05) is 30.3 Å². The molecule has 0 spiro atoms. The van der Waals surface area contributed by atoms with Gasteiger partial charge in [-0.05, 0) is 18.6 Å². The molecule has 1 aliphatic rings. The number of morpholine rings is 1. The molecule has 2 aromatic carbocycles. The zero-order valence-corrected chi connectivity index (χ0v) is 15.1. The lowest BCUT2D eigenvalue weighted by Gasteiger charge is -2.37. The maximum atomic E-state index is 12.8. The van der Waals surface area contributed by atoms with Crippen LogP contribution in [0, 0.1) is 10.1 Å². The summed E-state index contributed by atoms with van der Waals surface area (Å²) in [5.41, 5.74) is 1.13. The molecule has 8 heteroatoms. The molecular weight excluding hydrogens is 350 g/mol. The standard InChI is InChI=1S/C19H21N3O5/c1-13-11-21(12-18(27-13)14-6-4-3-5-7-14)19(23)20-16-10-15(22(24)25)8-9-17(16)26-2/h3-10,13,18H,11-12H2,1-2H3,(H,20,23)/t13-,18-/m1/s1. The number of urea groups is 1. The molecule has 0 saturated carbocycles. The monoisotopic (exact) mass is 371 g/mol. The van der Waals surface area contributed by atoms with Gasteiger partial charge in [-0.15, -0.1) is 0 Å². The molecule has 1 saturated heterocycles. The molecule has 2 atom stereocenters. The Labute approximate surface area is 156 Å². The molecule has 0 bridgehead atoms. The Hall–Kier alpha value is -3.13. The third kappa shape index (κ3) is 4.35. The second-order valence-electron chi connectivity index (χ2n) is 6.32. The number of amides is 2. The molecule has 1 aliphatic heterocycles. The Bertz CT molecular complexity index is 827. The molecule has 1 N–H and O–H groups in total. The SMILES string of the molecule is COc1ccc([N+](=O)[O-])cc1NC(=O)N1C[C@@H](C)O[C@@H](c2ccccc2)C1. The van der Waals surface area contributed by atoms with Crippen molar-refractivity contribution in [3.8, 4) is 5.75 Å². The van der Waals surface area contributed by atoms with Crippen molar-refractivity contribution in [2.24, 2.45) is 0 Å². The second-order valence-corrected chi connectivity index (χ2v) is 6.32. The number of anilines is 1. The maximum Gasteiger partial charge on any atom is 0.322 e. The number of carbonyl (C=O) groups is 1. The van der Waals surface area contributed by atoms with Crippen molar-refractivity contribution in [1.29, 1.82) is 0 Å². The van der Waals surface area contributed by atoms with E-state index in [2.05, 4.69) is 5.32 Å². The highest BCUT2D eigenvalue weighted by molar-refractivity contribution is 5.91. The van der Waals surface area contributed by atoms with E-state index in [1.165, 1.54) is 25.3 Å². The quantitative estimate of drug-likeness (QED) is 0.655. The lowest BCUT2D eigenvalue weighted by molar-refractivity contribution is -0.384. The molecule has 1 heterocycles. The predicted molar refractivity (Wildman–Crippen MR) is 100.0 cm³/mol. The van der Waals surface area contributed by atoms with Crippen LogP contribution in [0.5, 0.6) is 5.75 Å². The molecule has 2 amide bonds. The van der Waals surface area contributed by atoms with Gasteiger partial charge in [0.05, 0.1) is 30.4 Å². The Morgan fingerprint density at radius 2 is 2.00 bits per heavy atom. The van der Waals surface area contributed by atoms with E-state index in [1.807, 2.05) is 37.3 Å². The first-order chi connectivity index (χ1) is 13.0. The van der Waals surface area contributed by atoms with Gasteiger partial charge in [0, 0.05) is 18.7 Å². The van der Waals surface area contributed by atoms with Crippen LogP contribution in [0.4, 0.5) is 16.2 Å². The van der Waals surface area contributed by atoms with Crippen molar-refractivity contribution in [1.82, 2.24) is 4.90 Å². The predicted octanol–water partition coefficient (Wildman–Crippen LogP) is 3.60. The largest absolute Gasteiger partial charge is 0.495 e. The van der Waals surface area contributed by atoms with Gasteiger partial charge in [-0.2, -0.15) is 0 Å². The van der Waals surface area contributed by atoms with Crippen molar-refractivity contribution in [2.45, 2.75) is 19.1 Å². The lowest BCUT2D eigenvalue weighted by Crippen LogP contribution is -2.47. The molecule has 0 aliphatic carbocycles. The number of rotatable bonds is 4. The summed E-state index contributed by atoms with van der Waals surface area (Å²) in [6.07, 6.45) is -0.366. The fourth-order valence-corrected chi connectivity index (χ4v) is 3.07. The Morgan fingerprint density at radius 3 is 2.67 bits per heavy atom. The van der Waals surface area contributed by atoms with E-state index in [-0.39, 0.29) is 29.6 Å². The summed E-state index contributed by atoms with van der Waals surface area (Å²) in [4.78, 5) is 24.9. The zero-order valence-electron chi connectivity index (χ0n) is 15.1. The zero-order chi connectivity index (χ0) is 19.4. The number of carbonyl (C=O) groups excluding carboxylic acids is 1. The number of nitrogens with zero attached hydrogens (tertiary/aromatic N) is 2. The molecule has 27 heavy (non-hydrogen) atoms. The third-order valence-electron chi connectivity index (χ3n) is 4.35. The lowest BCUT2D eigenvalue weighted by atomic mass is 10.1. The van der Waals surface area contributed by atoms with E-state index >= 15 is 0 Å². The summed E-state index contributed by atoms with van der Waals surface area (Å²) >= 11 is 0. The van der Waals surface area contributed by atoms with Gasteiger partial charge in [-0.25, -0.2) is 4.79 Å². The molecule has 142 valence electrons. The summed E-state index contributed by atoms with van der Waals surface area (Å²) in [6, 6.07) is 13.4. The second kappa shape index (κ2) is 8.05. The summed E-state index contributed by atoms with van der Waals surface area (Å²) in [7, 11) is 1.44. The van der Waals surface area contributed by atoms with E-state index in [0.29, 0.717) is 18.8 Å². The van der Waals surface area contributed by atoms with Crippen LogP contribution in [-0.4, -0.2) is 42.2 Å². The number of non-ortho nitro benzene ring substituents is 1. The first-order valence-electron chi connectivity index (χ1n) is 8.56. The van der Waals surface area contributed by atoms with Crippen LogP contribution in [0.25, 0.3) is 0 Å². The Morgan fingerprint density at radius 1 is 1.26 bits per heavy atom. The van der Waals surface area contributed by atoms with Crippen LogP contribution in [0.3, 0.4) is 0 Å². The molecule has 0 unspecified atom stereocenters. The normalized spacial score (nSPS) is 19.4. The van der Waals surface area contributed by atoms with Crippen LogP contribution in [0.2, 0.25) is 0 Å². The van der Waals surface area contributed by atoms with E-state index in [0.717, 1.165) is 5.56 Å². The fourth-order valence-electron chi connectivity index (χ4n) is 3.07. The highest BCUT2D eigenvalue weighted by Crippen LogP contribution is 2.30. The molecule has 2 aromatic rings. The minimum atomic E-state index is -0.517. The number of nitro benzene ring substituents is 1. The summed E-state index contributed by atoms with van der Waals surface area (Å²) in [5.74, 6) is 0.356. The number of nitrogens with one attached hydrogen (secondary N) is 1. The topological polar surface area (TPSA) is 93.9 Å². The van der Waals surface area contributed by atoms with E-state index < -0.39 is 4.92 Å². The van der Waals surface area contributed by atoms with E-state index in [1.54, 1.807) is 4.90 Å². The smallest absolute Gasteiger partial charge is 0.322 e. The molecule has 1 fully saturated rings. The molecule has 0 aromatic heterocycles. The van der Waals surface area contributed by atoms with Crippen molar-refractivity contribution in [2.75, 3.05) is 25.5 Å². The van der Waals surface area contributed by atoms with Gasteiger partial charge in [-0.3, -0.25) is 10.1 Å². The first kappa shape index (κ1) is 18.7. The number of nitro groups is 1. The first-order valence-corrected chi connectivity index (χ1v) is 8.56. The van der Waals surface area contributed by atoms with Crippen molar-refractivity contribution in [3.05, 3.63) is 64.2 Å². The van der Waals surface area contributed by atoms with Gasteiger partial charge in [0.25, 0.3) is 5.69 Å². The fraction of sp³-hybridized carbons (Fsp3) is 0.316. The Kier molecular flexibility index (Phi) is 5.56. The van der Waals surface area contributed by atoms with Crippen molar-refractivity contribution < 1.29 is 19.2 Å². The molecule has 0 radical (unpaired) electrons.